The maximum atomic E-state index is 4.38. The van der Waals surface area contributed by atoms with E-state index in [9.17, 15) is 0 Å². The van der Waals surface area contributed by atoms with Crippen LogP contribution in [-0.4, -0.2) is 28.3 Å². The Hall–Kier alpha value is -0.130. The highest BCUT2D eigenvalue weighted by Gasteiger charge is 2.14. The number of nitrogens with zero attached hydrogens (tertiary/aromatic N) is 3. The molecule has 0 aromatic carbocycles. The molecule has 1 aromatic rings. The lowest BCUT2D eigenvalue weighted by Gasteiger charge is -2.22. The van der Waals surface area contributed by atoms with Crippen molar-refractivity contribution in [3.63, 3.8) is 0 Å². The molecule has 0 saturated heterocycles. The zero-order valence-electron chi connectivity index (χ0n) is 6.90. The number of hydrogen-bond donors (Lipinski definition) is 1. The Morgan fingerprint density at radius 1 is 1.58 bits per heavy atom. The molecule has 0 bridgehead atoms. The molecule has 0 aliphatic carbocycles. The number of aromatic nitrogens is 2. The lowest BCUT2D eigenvalue weighted by Crippen LogP contribution is -2.30. The average molecular weight is 201 g/mol. The SMILES string of the molecule is CN1CCn2nc(SS)cc2C1. The van der Waals surface area contributed by atoms with E-state index in [0.29, 0.717) is 0 Å². The van der Waals surface area contributed by atoms with Crippen LogP contribution in [0.4, 0.5) is 0 Å². The van der Waals surface area contributed by atoms with E-state index in [2.05, 4.69) is 39.5 Å². The van der Waals surface area contributed by atoms with Crippen molar-refractivity contribution in [2.45, 2.75) is 18.1 Å². The molecule has 2 rings (SSSR count). The molecule has 1 aliphatic rings. The summed E-state index contributed by atoms with van der Waals surface area (Å²) in [5.41, 5.74) is 1.29. The van der Waals surface area contributed by atoms with Crippen LogP contribution in [0.1, 0.15) is 5.69 Å². The second-order valence-electron chi connectivity index (χ2n) is 3.03. The topological polar surface area (TPSA) is 21.1 Å². The van der Waals surface area contributed by atoms with Crippen molar-refractivity contribution in [2.24, 2.45) is 0 Å². The Bertz CT molecular complexity index is 284. The van der Waals surface area contributed by atoms with Gasteiger partial charge in [-0.15, -0.1) is 11.7 Å². The van der Waals surface area contributed by atoms with E-state index in [-0.39, 0.29) is 0 Å². The number of fused-ring (bicyclic) bond motifs is 1. The molecule has 5 heteroatoms. The molecule has 12 heavy (non-hydrogen) atoms. The molecular weight excluding hydrogens is 190 g/mol. The fourth-order valence-electron chi connectivity index (χ4n) is 1.42. The minimum absolute atomic E-state index is 1.00. The zero-order valence-corrected chi connectivity index (χ0v) is 8.61. The predicted octanol–water partition coefficient (Wildman–Crippen LogP) is 1.27. The zero-order chi connectivity index (χ0) is 8.55. The molecule has 0 unspecified atom stereocenters. The lowest BCUT2D eigenvalue weighted by atomic mass is 10.3. The van der Waals surface area contributed by atoms with Gasteiger partial charge in [-0.25, -0.2) is 0 Å². The average Bonchev–Trinajstić information content (AvgIpc) is 2.46. The molecular formula is C7H11N3S2. The Kier molecular flexibility index (Phi) is 2.34. The van der Waals surface area contributed by atoms with Gasteiger partial charge < -0.3 is 0 Å². The van der Waals surface area contributed by atoms with Gasteiger partial charge in [0.05, 0.1) is 12.2 Å². The summed E-state index contributed by atoms with van der Waals surface area (Å²) in [5, 5.41) is 5.38. The first-order valence-electron chi connectivity index (χ1n) is 3.86. The predicted molar refractivity (Wildman–Crippen MR) is 53.4 cm³/mol. The molecule has 0 atom stereocenters. The minimum Gasteiger partial charge on any atom is -0.299 e. The first-order valence-corrected chi connectivity index (χ1v) is 5.73. The maximum Gasteiger partial charge on any atom is 0.129 e. The van der Waals surface area contributed by atoms with Crippen LogP contribution in [0.25, 0.3) is 0 Å². The number of thiol groups is 1. The molecule has 3 nitrogen and oxygen atoms in total. The smallest absolute Gasteiger partial charge is 0.129 e. The maximum absolute atomic E-state index is 4.38. The lowest BCUT2D eigenvalue weighted by molar-refractivity contribution is 0.258. The van der Waals surface area contributed by atoms with E-state index in [4.69, 9.17) is 0 Å². The van der Waals surface area contributed by atoms with Crippen LogP contribution in [0.3, 0.4) is 0 Å². The van der Waals surface area contributed by atoms with Gasteiger partial charge in [0, 0.05) is 13.1 Å². The van der Waals surface area contributed by atoms with Crippen LogP contribution < -0.4 is 0 Å². The van der Waals surface area contributed by atoms with Gasteiger partial charge >= 0.3 is 0 Å². The molecule has 0 radical (unpaired) electrons. The molecule has 66 valence electrons. The van der Waals surface area contributed by atoms with Crippen LogP contribution in [0, 0.1) is 0 Å². The van der Waals surface area contributed by atoms with Gasteiger partial charge in [-0.05, 0) is 23.9 Å². The largest absolute Gasteiger partial charge is 0.299 e. The second-order valence-corrected chi connectivity index (χ2v) is 4.17. The summed E-state index contributed by atoms with van der Waals surface area (Å²) in [5.74, 6) is 0. The molecule has 0 N–H and O–H groups in total. The van der Waals surface area contributed by atoms with Gasteiger partial charge in [-0.3, -0.25) is 9.58 Å². The van der Waals surface area contributed by atoms with Crippen molar-refractivity contribution in [3.05, 3.63) is 11.8 Å². The summed E-state index contributed by atoms with van der Waals surface area (Å²) in [4.78, 5) is 2.30. The summed E-state index contributed by atoms with van der Waals surface area (Å²) >= 11 is 4.12. The molecule has 0 amide bonds. The van der Waals surface area contributed by atoms with Gasteiger partial charge in [-0.2, -0.15) is 5.10 Å². The summed E-state index contributed by atoms with van der Waals surface area (Å²) < 4.78 is 2.07. The van der Waals surface area contributed by atoms with Gasteiger partial charge in [0.2, 0.25) is 0 Å². The minimum atomic E-state index is 1.00. The first-order chi connectivity index (χ1) is 5.79. The fourth-order valence-corrected chi connectivity index (χ4v) is 2.01. The molecule has 0 spiro atoms. The Labute approximate surface area is 80.9 Å². The van der Waals surface area contributed by atoms with Crippen molar-refractivity contribution < 1.29 is 0 Å². The monoisotopic (exact) mass is 201 g/mol. The van der Waals surface area contributed by atoms with E-state index in [1.54, 1.807) is 0 Å². The highest BCUT2D eigenvalue weighted by Crippen LogP contribution is 2.22. The van der Waals surface area contributed by atoms with Crippen molar-refractivity contribution in [1.82, 2.24) is 14.7 Å². The van der Waals surface area contributed by atoms with E-state index in [0.717, 1.165) is 24.7 Å². The van der Waals surface area contributed by atoms with Crippen molar-refractivity contribution in [3.8, 4) is 0 Å². The first kappa shape index (κ1) is 8.47. The Morgan fingerprint density at radius 2 is 2.42 bits per heavy atom. The molecule has 2 heterocycles. The Morgan fingerprint density at radius 3 is 3.17 bits per heavy atom. The second kappa shape index (κ2) is 3.32. The van der Waals surface area contributed by atoms with Gasteiger partial charge in [0.1, 0.15) is 5.03 Å². The standard InChI is InChI=1S/C7H11N3S2/c1-9-2-3-10-6(5-9)4-7(8-10)12-11/h4,11H,2-3,5H2,1H3. The quantitative estimate of drug-likeness (QED) is 0.546. The highest BCUT2D eigenvalue weighted by molar-refractivity contribution is 8.68. The third-order valence-electron chi connectivity index (χ3n) is 2.06. The van der Waals surface area contributed by atoms with Crippen LogP contribution in [0.5, 0.6) is 0 Å². The fraction of sp³-hybridized carbons (Fsp3) is 0.571. The number of likely N-dealkylation sites (N-methyl/N-ethyl adjacent to an activating group) is 1. The van der Waals surface area contributed by atoms with Crippen LogP contribution in [0.2, 0.25) is 0 Å². The van der Waals surface area contributed by atoms with E-state index in [1.165, 1.54) is 16.5 Å². The molecule has 0 saturated carbocycles. The normalized spacial score (nSPS) is 17.8. The summed E-state index contributed by atoms with van der Waals surface area (Å²) in [6, 6.07) is 2.10. The summed E-state index contributed by atoms with van der Waals surface area (Å²) in [7, 11) is 3.54. The van der Waals surface area contributed by atoms with Gasteiger partial charge in [-0.1, -0.05) is 0 Å². The van der Waals surface area contributed by atoms with E-state index < -0.39 is 0 Å². The molecule has 0 fully saturated rings. The Balaban J connectivity index is 2.28. The number of hydrogen-bond acceptors (Lipinski definition) is 4. The highest BCUT2D eigenvalue weighted by atomic mass is 33.1. The third kappa shape index (κ3) is 1.48. The van der Waals surface area contributed by atoms with Crippen molar-refractivity contribution in [2.75, 3.05) is 13.6 Å². The third-order valence-corrected chi connectivity index (χ3v) is 3.01. The van der Waals surface area contributed by atoms with Crippen LogP contribution >= 0.6 is 22.5 Å². The van der Waals surface area contributed by atoms with E-state index in [1.807, 2.05) is 0 Å². The molecule has 1 aliphatic heterocycles. The van der Waals surface area contributed by atoms with Crippen LogP contribution in [-0.2, 0) is 13.1 Å². The summed E-state index contributed by atoms with van der Waals surface area (Å²) in [6.45, 7) is 3.09. The van der Waals surface area contributed by atoms with Crippen molar-refractivity contribution in [1.29, 1.82) is 0 Å². The van der Waals surface area contributed by atoms with E-state index >= 15 is 0 Å². The van der Waals surface area contributed by atoms with Crippen LogP contribution in [0.15, 0.2) is 11.1 Å². The van der Waals surface area contributed by atoms with Gasteiger partial charge in [0.15, 0.2) is 0 Å². The molecule has 1 aromatic heterocycles. The number of rotatable bonds is 1. The summed E-state index contributed by atoms with van der Waals surface area (Å²) in [6.07, 6.45) is 0. The van der Waals surface area contributed by atoms with Crippen molar-refractivity contribution >= 4 is 22.5 Å². The van der Waals surface area contributed by atoms with Gasteiger partial charge in [0.25, 0.3) is 0 Å².